The molecule has 8 heteroatoms. The SMILES string of the molecule is CCOc1cc(NC(=O)Cn2nc(C3CC3)ccc2=O)ncn1. The summed E-state index contributed by atoms with van der Waals surface area (Å²) in [5, 5.41) is 6.86. The minimum atomic E-state index is -0.381. The molecular weight excluding hydrogens is 298 g/mol. The Morgan fingerprint density at radius 2 is 2.22 bits per heavy atom. The van der Waals surface area contributed by atoms with Crippen molar-refractivity contribution in [3.05, 3.63) is 40.6 Å². The predicted molar refractivity (Wildman–Crippen MR) is 82.3 cm³/mol. The summed E-state index contributed by atoms with van der Waals surface area (Å²) in [6.07, 6.45) is 3.47. The topological polar surface area (TPSA) is 99.0 Å². The standard InChI is InChI=1S/C15H17N5O3/c1-2-23-14-7-12(16-9-17-14)18-13(21)8-20-15(22)6-5-11(19-20)10-3-4-10/h5-7,9-10H,2-4,8H2,1H3,(H,16,17,18,21). The first-order valence-electron chi connectivity index (χ1n) is 7.48. The predicted octanol–water partition coefficient (Wildman–Crippen LogP) is 0.948. The molecule has 1 amide bonds. The smallest absolute Gasteiger partial charge is 0.267 e. The number of nitrogens with zero attached hydrogens (tertiary/aromatic N) is 4. The van der Waals surface area contributed by atoms with Crippen LogP contribution in [0.3, 0.4) is 0 Å². The highest BCUT2D eigenvalue weighted by atomic mass is 16.5. The van der Waals surface area contributed by atoms with E-state index >= 15 is 0 Å². The summed E-state index contributed by atoms with van der Waals surface area (Å²) >= 11 is 0. The summed E-state index contributed by atoms with van der Waals surface area (Å²) in [6, 6.07) is 4.71. The third-order valence-electron chi connectivity index (χ3n) is 3.38. The number of rotatable bonds is 6. The van der Waals surface area contributed by atoms with Gasteiger partial charge in [-0.2, -0.15) is 5.10 Å². The van der Waals surface area contributed by atoms with Crippen molar-refractivity contribution in [1.29, 1.82) is 0 Å². The molecule has 0 atom stereocenters. The van der Waals surface area contributed by atoms with Gasteiger partial charge in [-0.1, -0.05) is 0 Å². The third kappa shape index (κ3) is 3.91. The van der Waals surface area contributed by atoms with Crippen LogP contribution in [0, 0.1) is 0 Å². The van der Waals surface area contributed by atoms with E-state index in [0.717, 1.165) is 18.5 Å². The fraction of sp³-hybridized carbons (Fsp3) is 0.400. The largest absolute Gasteiger partial charge is 0.478 e. The fourth-order valence-corrected chi connectivity index (χ4v) is 2.13. The van der Waals surface area contributed by atoms with E-state index in [4.69, 9.17) is 4.74 Å². The molecule has 0 radical (unpaired) electrons. The van der Waals surface area contributed by atoms with Crippen molar-refractivity contribution in [2.45, 2.75) is 32.2 Å². The van der Waals surface area contributed by atoms with Crippen LogP contribution in [0.15, 0.2) is 29.3 Å². The summed E-state index contributed by atoms with van der Waals surface area (Å²) in [5.41, 5.74) is 0.556. The molecule has 1 saturated carbocycles. The number of amides is 1. The highest BCUT2D eigenvalue weighted by Crippen LogP contribution is 2.38. The molecule has 1 fully saturated rings. The fourth-order valence-electron chi connectivity index (χ4n) is 2.13. The number of ether oxygens (including phenoxy) is 1. The number of hydrogen-bond acceptors (Lipinski definition) is 6. The van der Waals surface area contributed by atoms with E-state index < -0.39 is 0 Å². The van der Waals surface area contributed by atoms with Gasteiger partial charge < -0.3 is 10.1 Å². The van der Waals surface area contributed by atoms with Crippen molar-refractivity contribution in [3.63, 3.8) is 0 Å². The Hall–Kier alpha value is -2.77. The zero-order valence-electron chi connectivity index (χ0n) is 12.7. The Bertz CT molecular complexity index is 770. The molecule has 0 spiro atoms. The monoisotopic (exact) mass is 315 g/mol. The highest BCUT2D eigenvalue weighted by Gasteiger charge is 2.25. The molecule has 0 unspecified atom stereocenters. The van der Waals surface area contributed by atoms with Crippen LogP contribution < -0.4 is 15.6 Å². The van der Waals surface area contributed by atoms with Gasteiger partial charge in [0.05, 0.1) is 12.3 Å². The summed E-state index contributed by atoms with van der Waals surface area (Å²) in [6.45, 7) is 2.15. The maximum Gasteiger partial charge on any atom is 0.267 e. The van der Waals surface area contributed by atoms with E-state index in [-0.39, 0.29) is 18.0 Å². The molecule has 8 nitrogen and oxygen atoms in total. The maximum absolute atomic E-state index is 12.1. The van der Waals surface area contributed by atoms with Crippen LogP contribution >= 0.6 is 0 Å². The van der Waals surface area contributed by atoms with Crippen LogP contribution in [-0.2, 0) is 11.3 Å². The van der Waals surface area contributed by atoms with E-state index in [0.29, 0.717) is 24.2 Å². The molecule has 120 valence electrons. The molecule has 0 aromatic carbocycles. The van der Waals surface area contributed by atoms with Crippen LogP contribution in [0.25, 0.3) is 0 Å². The van der Waals surface area contributed by atoms with Crippen molar-refractivity contribution < 1.29 is 9.53 Å². The third-order valence-corrected chi connectivity index (χ3v) is 3.38. The van der Waals surface area contributed by atoms with Crippen LogP contribution in [0.5, 0.6) is 5.88 Å². The van der Waals surface area contributed by atoms with Gasteiger partial charge in [0.2, 0.25) is 11.8 Å². The van der Waals surface area contributed by atoms with Crippen LogP contribution in [0.4, 0.5) is 5.82 Å². The lowest BCUT2D eigenvalue weighted by atomic mass is 10.3. The number of carbonyl (C=O) groups is 1. The first kappa shape index (κ1) is 15.1. The average molecular weight is 315 g/mol. The van der Waals surface area contributed by atoms with Crippen molar-refractivity contribution in [2.75, 3.05) is 11.9 Å². The van der Waals surface area contributed by atoms with Gasteiger partial charge in [0.15, 0.2) is 0 Å². The van der Waals surface area contributed by atoms with Gasteiger partial charge in [0.25, 0.3) is 5.56 Å². The number of carbonyl (C=O) groups excluding carboxylic acids is 1. The summed E-state index contributed by atoms with van der Waals surface area (Å²) < 4.78 is 6.42. The molecule has 1 aliphatic carbocycles. The van der Waals surface area contributed by atoms with Crippen LogP contribution in [0.1, 0.15) is 31.4 Å². The normalized spacial score (nSPS) is 13.6. The Morgan fingerprint density at radius 1 is 1.39 bits per heavy atom. The Labute approximate surface area is 132 Å². The van der Waals surface area contributed by atoms with Gasteiger partial charge in [0.1, 0.15) is 18.7 Å². The molecule has 0 aliphatic heterocycles. The van der Waals surface area contributed by atoms with Crippen LogP contribution in [-0.4, -0.2) is 32.3 Å². The van der Waals surface area contributed by atoms with Gasteiger partial charge >= 0.3 is 0 Å². The number of hydrogen-bond donors (Lipinski definition) is 1. The van der Waals surface area contributed by atoms with E-state index in [1.165, 1.54) is 23.1 Å². The second-order valence-corrected chi connectivity index (χ2v) is 5.25. The first-order chi connectivity index (χ1) is 11.2. The second kappa shape index (κ2) is 6.55. The zero-order chi connectivity index (χ0) is 16.2. The van der Waals surface area contributed by atoms with Gasteiger partial charge in [-0.3, -0.25) is 9.59 Å². The summed E-state index contributed by atoms with van der Waals surface area (Å²) in [5.74, 6) is 0.734. The molecule has 3 rings (SSSR count). The molecule has 1 aliphatic rings. The molecule has 1 N–H and O–H groups in total. The summed E-state index contributed by atoms with van der Waals surface area (Å²) in [7, 11) is 0. The van der Waals surface area contributed by atoms with Crippen molar-refractivity contribution in [1.82, 2.24) is 19.7 Å². The lowest BCUT2D eigenvalue weighted by molar-refractivity contribution is -0.117. The van der Waals surface area contributed by atoms with E-state index in [9.17, 15) is 9.59 Å². The minimum absolute atomic E-state index is 0.159. The molecular formula is C15H17N5O3. The quantitative estimate of drug-likeness (QED) is 0.852. The van der Waals surface area contributed by atoms with E-state index in [1.807, 2.05) is 6.92 Å². The number of anilines is 1. The van der Waals surface area contributed by atoms with Gasteiger partial charge in [-0.15, -0.1) is 0 Å². The number of aromatic nitrogens is 4. The number of nitrogens with one attached hydrogen (secondary N) is 1. The maximum atomic E-state index is 12.1. The minimum Gasteiger partial charge on any atom is -0.478 e. The Kier molecular flexibility index (Phi) is 4.31. The van der Waals surface area contributed by atoms with Crippen molar-refractivity contribution in [2.24, 2.45) is 0 Å². The molecule has 2 aromatic heterocycles. The first-order valence-corrected chi connectivity index (χ1v) is 7.48. The average Bonchev–Trinajstić information content (AvgIpc) is 3.35. The molecule has 0 saturated heterocycles. The Morgan fingerprint density at radius 3 is 2.96 bits per heavy atom. The highest BCUT2D eigenvalue weighted by molar-refractivity contribution is 5.89. The zero-order valence-corrected chi connectivity index (χ0v) is 12.7. The lowest BCUT2D eigenvalue weighted by Gasteiger charge is -2.08. The lowest BCUT2D eigenvalue weighted by Crippen LogP contribution is -2.29. The molecule has 2 heterocycles. The van der Waals surface area contributed by atoms with E-state index in [2.05, 4.69) is 20.4 Å². The van der Waals surface area contributed by atoms with Gasteiger partial charge in [0, 0.05) is 18.1 Å². The van der Waals surface area contributed by atoms with Gasteiger partial charge in [-0.25, -0.2) is 14.6 Å². The Balaban J connectivity index is 1.68. The second-order valence-electron chi connectivity index (χ2n) is 5.25. The van der Waals surface area contributed by atoms with Crippen LogP contribution in [0.2, 0.25) is 0 Å². The van der Waals surface area contributed by atoms with E-state index in [1.54, 1.807) is 6.07 Å². The van der Waals surface area contributed by atoms with Crippen molar-refractivity contribution >= 4 is 11.7 Å². The van der Waals surface area contributed by atoms with Crippen molar-refractivity contribution in [3.8, 4) is 5.88 Å². The van der Waals surface area contributed by atoms with Gasteiger partial charge in [-0.05, 0) is 25.8 Å². The molecule has 0 bridgehead atoms. The summed E-state index contributed by atoms with van der Waals surface area (Å²) in [4.78, 5) is 31.8. The molecule has 23 heavy (non-hydrogen) atoms. The molecule has 2 aromatic rings.